The molecule has 0 amide bonds. The average molecular weight is 272 g/mol. The molecule has 100 valence electrons. The molecule has 1 nitrogen and oxygen atoms in total. The highest BCUT2D eigenvalue weighted by molar-refractivity contribution is 7.99. The van der Waals surface area contributed by atoms with Crippen LogP contribution in [0, 0.1) is 0 Å². The van der Waals surface area contributed by atoms with Crippen molar-refractivity contribution in [1.82, 2.24) is 0 Å². The highest BCUT2D eigenvalue weighted by Crippen LogP contribution is 2.19. The Labute approximate surface area is 120 Å². The molecule has 2 rings (SSSR count). The summed E-state index contributed by atoms with van der Waals surface area (Å²) in [5.74, 6) is 2.08. The van der Waals surface area contributed by atoms with Crippen molar-refractivity contribution in [2.75, 3.05) is 12.4 Å². The second kappa shape index (κ2) is 7.90. The van der Waals surface area contributed by atoms with Crippen molar-refractivity contribution < 1.29 is 4.74 Å². The number of benzene rings is 2. The summed E-state index contributed by atoms with van der Waals surface area (Å²) in [6.07, 6.45) is 2.14. The van der Waals surface area contributed by atoms with Gasteiger partial charge in [-0.25, -0.2) is 0 Å². The lowest BCUT2D eigenvalue weighted by Crippen LogP contribution is -1.95. The molecular formula is C17H20OS. The van der Waals surface area contributed by atoms with Gasteiger partial charge in [0, 0.05) is 10.6 Å². The lowest BCUT2D eigenvalue weighted by Gasteiger charge is -2.06. The Hall–Kier alpha value is -1.41. The van der Waals surface area contributed by atoms with E-state index in [0.29, 0.717) is 0 Å². The molecule has 2 aromatic carbocycles. The van der Waals surface area contributed by atoms with Crippen LogP contribution in [0.3, 0.4) is 0 Å². The van der Waals surface area contributed by atoms with Crippen molar-refractivity contribution in [1.29, 1.82) is 0 Å². The number of rotatable bonds is 7. The normalized spacial score (nSPS) is 10.4. The fourth-order valence-electron chi connectivity index (χ4n) is 1.78. The number of hydrogen-bond donors (Lipinski definition) is 0. The highest BCUT2D eigenvalue weighted by atomic mass is 32.2. The summed E-state index contributed by atoms with van der Waals surface area (Å²) in [6, 6.07) is 19.0. The number of ether oxygens (including phenoxy) is 1. The van der Waals surface area contributed by atoms with E-state index in [-0.39, 0.29) is 0 Å². The molecule has 0 unspecified atom stereocenters. The third kappa shape index (κ3) is 4.99. The van der Waals surface area contributed by atoms with E-state index in [1.165, 1.54) is 10.5 Å². The Bertz CT molecular complexity index is 464. The van der Waals surface area contributed by atoms with Crippen LogP contribution in [0.5, 0.6) is 5.75 Å². The van der Waals surface area contributed by atoms with Gasteiger partial charge in [0.25, 0.3) is 0 Å². The van der Waals surface area contributed by atoms with Crippen LogP contribution in [0.2, 0.25) is 0 Å². The predicted octanol–water partition coefficient (Wildman–Crippen LogP) is 4.81. The fraction of sp³-hybridized carbons (Fsp3) is 0.294. The minimum Gasteiger partial charge on any atom is -0.494 e. The maximum absolute atomic E-state index is 5.58. The summed E-state index contributed by atoms with van der Waals surface area (Å²) in [6.45, 7) is 2.92. The van der Waals surface area contributed by atoms with E-state index in [4.69, 9.17) is 4.74 Å². The van der Waals surface area contributed by atoms with Crippen molar-refractivity contribution in [2.45, 2.75) is 24.7 Å². The molecule has 2 aromatic rings. The van der Waals surface area contributed by atoms with Crippen molar-refractivity contribution in [2.24, 2.45) is 0 Å². The summed E-state index contributed by atoms with van der Waals surface area (Å²) in [5.41, 5.74) is 1.37. The van der Waals surface area contributed by atoms with E-state index in [0.717, 1.165) is 31.0 Å². The topological polar surface area (TPSA) is 9.23 Å². The van der Waals surface area contributed by atoms with Crippen molar-refractivity contribution >= 4 is 11.8 Å². The zero-order chi connectivity index (χ0) is 13.3. The Morgan fingerprint density at radius 3 is 2.37 bits per heavy atom. The van der Waals surface area contributed by atoms with Crippen LogP contribution in [0.25, 0.3) is 0 Å². The predicted molar refractivity (Wildman–Crippen MR) is 83.1 cm³/mol. The monoisotopic (exact) mass is 272 g/mol. The number of hydrogen-bond acceptors (Lipinski definition) is 2. The minimum atomic E-state index is 0.795. The molecule has 0 radical (unpaired) electrons. The molecule has 0 heterocycles. The van der Waals surface area contributed by atoms with Crippen LogP contribution >= 0.6 is 11.8 Å². The van der Waals surface area contributed by atoms with Crippen molar-refractivity contribution in [3.8, 4) is 5.75 Å². The van der Waals surface area contributed by atoms with Gasteiger partial charge in [-0.2, -0.15) is 0 Å². The first-order valence-corrected chi connectivity index (χ1v) is 7.76. The van der Waals surface area contributed by atoms with Gasteiger partial charge in [-0.3, -0.25) is 0 Å². The summed E-state index contributed by atoms with van der Waals surface area (Å²) in [4.78, 5) is 1.34. The standard InChI is InChI=1S/C17H20OS/c1-2-13-18-16-10-8-15(9-11-16)12-14-19-17-6-4-3-5-7-17/h3-11H,2,12-14H2,1H3. The average Bonchev–Trinajstić information content (AvgIpc) is 2.47. The minimum absolute atomic E-state index is 0.795. The molecule has 0 fully saturated rings. The van der Waals surface area contributed by atoms with Gasteiger partial charge in [0.2, 0.25) is 0 Å². The van der Waals surface area contributed by atoms with Gasteiger partial charge in [0.1, 0.15) is 5.75 Å². The Morgan fingerprint density at radius 2 is 1.68 bits per heavy atom. The molecule has 0 atom stereocenters. The molecule has 0 spiro atoms. The van der Waals surface area contributed by atoms with Crippen LogP contribution in [0.1, 0.15) is 18.9 Å². The molecule has 0 aromatic heterocycles. The van der Waals surface area contributed by atoms with Gasteiger partial charge >= 0.3 is 0 Å². The van der Waals surface area contributed by atoms with E-state index in [1.807, 2.05) is 11.8 Å². The molecule has 2 heteroatoms. The van der Waals surface area contributed by atoms with Gasteiger partial charge in [0.15, 0.2) is 0 Å². The molecule has 0 N–H and O–H groups in total. The van der Waals surface area contributed by atoms with Crippen LogP contribution in [0.4, 0.5) is 0 Å². The first-order valence-electron chi connectivity index (χ1n) is 6.78. The lowest BCUT2D eigenvalue weighted by molar-refractivity contribution is 0.317. The number of thioether (sulfide) groups is 1. The fourth-order valence-corrected chi connectivity index (χ4v) is 2.70. The lowest BCUT2D eigenvalue weighted by atomic mass is 10.2. The smallest absolute Gasteiger partial charge is 0.119 e. The maximum atomic E-state index is 5.58. The summed E-state index contributed by atoms with van der Waals surface area (Å²) >= 11 is 1.90. The Kier molecular flexibility index (Phi) is 5.83. The van der Waals surface area contributed by atoms with E-state index in [1.54, 1.807) is 0 Å². The van der Waals surface area contributed by atoms with Crippen LogP contribution < -0.4 is 4.74 Å². The molecule has 0 saturated heterocycles. The summed E-state index contributed by atoms with van der Waals surface area (Å²) in [5, 5.41) is 0. The van der Waals surface area contributed by atoms with Gasteiger partial charge in [-0.15, -0.1) is 11.8 Å². The summed E-state index contributed by atoms with van der Waals surface area (Å²) in [7, 11) is 0. The van der Waals surface area contributed by atoms with Crippen molar-refractivity contribution in [3.05, 3.63) is 60.2 Å². The van der Waals surface area contributed by atoms with Gasteiger partial charge in [-0.1, -0.05) is 37.3 Å². The molecule has 0 aliphatic carbocycles. The SMILES string of the molecule is CCCOc1ccc(CCSc2ccccc2)cc1. The molecule has 0 aliphatic heterocycles. The first-order chi connectivity index (χ1) is 9.38. The third-order valence-corrected chi connectivity index (χ3v) is 3.81. The van der Waals surface area contributed by atoms with Gasteiger partial charge in [0.05, 0.1) is 6.61 Å². The maximum Gasteiger partial charge on any atom is 0.119 e. The molecule has 0 aliphatic rings. The van der Waals surface area contributed by atoms with Crippen molar-refractivity contribution in [3.63, 3.8) is 0 Å². The van der Waals surface area contributed by atoms with Gasteiger partial charge in [-0.05, 0) is 42.7 Å². The molecule has 19 heavy (non-hydrogen) atoms. The van der Waals surface area contributed by atoms with E-state index in [2.05, 4.69) is 61.5 Å². The van der Waals surface area contributed by atoms with Crippen LogP contribution in [-0.4, -0.2) is 12.4 Å². The third-order valence-electron chi connectivity index (χ3n) is 2.80. The second-order valence-corrected chi connectivity index (χ2v) is 5.57. The molecule has 0 bridgehead atoms. The largest absolute Gasteiger partial charge is 0.494 e. The number of aryl methyl sites for hydroxylation is 1. The van der Waals surface area contributed by atoms with E-state index >= 15 is 0 Å². The van der Waals surface area contributed by atoms with E-state index < -0.39 is 0 Å². The van der Waals surface area contributed by atoms with Crippen LogP contribution in [0.15, 0.2) is 59.5 Å². The van der Waals surface area contributed by atoms with Gasteiger partial charge < -0.3 is 4.74 Å². The molecular weight excluding hydrogens is 252 g/mol. The Balaban J connectivity index is 1.77. The first kappa shape index (κ1) is 14.0. The zero-order valence-electron chi connectivity index (χ0n) is 11.3. The zero-order valence-corrected chi connectivity index (χ0v) is 12.2. The quantitative estimate of drug-likeness (QED) is 0.669. The van der Waals surface area contributed by atoms with E-state index in [9.17, 15) is 0 Å². The van der Waals surface area contributed by atoms with Crippen LogP contribution in [-0.2, 0) is 6.42 Å². The Morgan fingerprint density at radius 1 is 0.947 bits per heavy atom. The molecule has 0 saturated carbocycles. The highest BCUT2D eigenvalue weighted by Gasteiger charge is 1.97. The second-order valence-electron chi connectivity index (χ2n) is 4.40. The summed E-state index contributed by atoms with van der Waals surface area (Å²) < 4.78 is 5.58.